The van der Waals surface area contributed by atoms with Crippen LogP contribution in [-0.2, 0) is 0 Å². The number of hydrogen-bond donors (Lipinski definition) is 0. The Labute approximate surface area is 165 Å². The minimum atomic E-state index is 0.226. The third-order valence-electron chi connectivity index (χ3n) is 5.40. The molecule has 2 fully saturated rings. The van der Waals surface area contributed by atoms with Crippen molar-refractivity contribution in [3.8, 4) is 24.0 Å². The summed E-state index contributed by atoms with van der Waals surface area (Å²) in [6.07, 6.45) is 6.54. The summed E-state index contributed by atoms with van der Waals surface area (Å²) >= 11 is 0. The molecule has 2 saturated heterocycles. The summed E-state index contributed by atoms with van der Waals surface area (Å²) in [4.78, 5) is 13.2. The maximum absolute atomic E-state index is 9.31. The van der Waals surface area contributed by atoms with E-state index >= 15 is 0 Å². The van der Waals surface area contributed by atoms with Gasteiger partial charge in [0.15, 0.2) is 11.5 Å². The molecule has 1 aromatic heterocycles. The van der Waals surface area contributed by atoms with Gasteiger partial charge >= 0.3 is 0 Å². The van der Waals surface area contributed by atoms with E-state index in [9.17, 15) is 5.26 Å². The van der Waals surface area contributed by atoms with E-state index in [1.165, 1.54) is 0 Å². The van der Waals surface area contributed by atoms with Crippen LogP contribution in [0.1, 0.15) is 36.1 Å². The standard InChI is InChI=1S/C22H20N6/c23-14-18-4-1-3-17(13-18)7-8-19-5-2-6-20-16-27(11-12-28(19)20)22-21(15-24)25-9-10-26-22/h1,3-4,9-10,13,19-20H,2,5-6,11-12,16H2/t19-,20+/m1/s1. The van der Waals surface area contributed by atoms with Gasteiger partial charge in [-0.3, -0.25) is 4.90 Å². The van der Waals surface area contributed by atoms with Gasteiger partial charge < -0.3 is 4.90 Å². The van der Waals surface area contributed by atoms with Gasteiger partial charge in [0.1, 0.15) is 6.07 Å². The van der Waals surface area contributed by atoms with Gasteiger partial charge in [0.25, 0.3) is 0 Å². The lowest BCUT2D eigenvalue weighted by molar-refractivity contribution is 0.100. The monoisotopic (exact) mass is 368 g/mol. The number of nitrogens with zero attached hydrogens (tertiary/aromatic N) is 6. The zero-order valence-corrected chi connectivity index (χ0v) is 15.5. The predicted octanol–water partition coefficient (Wildman–Crippen LogP) is 2.31. The molecule has 0 N–H and O–H groups in total. The zero-order chi connectivity index (χ0) is 19.3. The van der Waals surface area contributed by atoms with Gasteiger partial charge in [0, 0.05) is 43.6 Å². The fraction of sp³-hybridized carbons (Fsp3) is 0.364. The Bertz CT molecular complexity index is 1010. The number of fused-ring (bicyclic) bond motifs is 1. The van der Waals surface area contributed by atoms with Crippen molar-refractivity contribution in [2.24, 2.45) is 0 Å². The second-order valence-electron chi connectivity index (χ2n) is 7.09. The Kier molecular flexibility index (Phi) is 5.20. The molecule has 0 radical (unpaired) electrons. The van der Waals surface area contributed by atoms with Crippen molar-refractivity contribution < 1.29 is 0 Å². The van der Waals surface area contributed by atoms with Crippen molar-refractivity contribution in [2.45, 2.75) is 31.3 Å². The fourth-order valence-corrected chi connectivity index (χ4v) is 4.07. The minimum Gasteiger partial charge on any atom is -0.351 e. The maximum Gasteiger partial charge on any atom is 0.183 e. The normalized spacial score (nSPS) is 21.6. The van der Waals surface area contributed by atoms with Crippen molar-refractivity contribution in [3.63, 3.8) is 0 Å². The first-order chi connectivity index (χ1) is 13.8. The smallest absolute Gasteiger partial charge is 0.183 e. The van der Waals surface area contributed by atoms with E-state index in [1.54, 1.807) is 18.5 Å². The van der Waals surface area contributed by atoms with Crippen molar-refractivity contribution in [3.05, 3.63) is 53.5 Å². The summed E-state index contributed by atoms with van der Waals surface area (Å²) in [5.41, 5.74) is 1.91. The minimum absolute atomic E-state index is 0.226. The Morgan fingerprint density at radius 1 is 1.00 bits per heavy atom. The highest BCUT2D eigenvalue weighted by atomic mass is 15.3. The molecule has 0 aliphatic carbocycles. The number of aromatic nitrogens is 2. The van der Waals surface area contributed by atoms with E-state index in [1.807, 2.05) is 18.2 Å². The van der Waals surface area contributed by atoms with Crippen LogP contribution >= 0.6 is 0 Å². The van der Waals surface area contributed by atoms with E-state index in [2.05, 4.69) is 43.7 Å². The highest BCUT2D eigenvalue weighted by Crippen LogP contribution is 2.28. The third kappa shape index (κ3) is 3.67. The van der Waals surface area contributed by atoms with Gasteiger partial charge in [0.2, 0.25) is 0 Å². The Hall–Kier alpha value is -3.40. The van der Waals surface area contributed by atoms with Crippen molar-refractivity contribution in [1.82, 2.24) is 14.9 Å². The lowest BCUT2D eigenvalue weighted by atomic mass is 9.93. The SMILES string of the molecule is N#Cc1cccc(C#C[C@H]2CCC[C@H]3CN(c4nccnc4C#N)CCN32)c1. The molecule has 0 saturated carbocycles. The first-order valence-corrected chi connectivity index (χ1v) is 9.52. The van der Waals surface area contributed by atoms with Crippen LogP contribution in [0.4, 0.5) is 5.82 Å². The topological polar surface area (TPSA) is 79.8 Å². The van der Waals surface area contributed by atoms with Crippen LogP contribution in [0.15, 0.2) is 36.7 Å². The molecule has 2 atom stereocenters. The second kappa shape index (κ2) is 8.09. The number of anilines is 1. The summed E-state index contributed by atoms with van der Waals surface area (Å²) in [6, 6.07) is 12.4. The molecule has 4 rings (SSSR count). The molecule has 0 bridgehead atoms. The molecule has 2 aliphatic heterocycles. The fourth-order valence-electron chi connectivity index (χ4n) is 4.07. The highest BCUT2D eigenvalue weighted by molar-refractivity contribution is 5.50. The first-order valence-electron chi connectivity index (χ1n) is 9.52. The molecule has 1 aromatic carbocycles. The second-order valence-corrected chi connectivity index (χ2v) is 7.09. The first kappa shape index (κ1) is 18.0. The van der Waals surface area contributed by atoms with Crippen molar-refractivity contribution >= 4 is 5.82 Å². The van der Waals surface area contributed by atoms with E-state index in [-0.39, 0.29) is 6.04 Å². The van der Waals surface area contributed by atoms with Gasteiger partial charge in [-0.25, -0.2) is 9.97 Å². The summed E-state index contributed by atoms with van der Waals surface area (Å²) in [5, 5.41) is 18.4. The molecule has 0 spiro atoms. The van der Waals surface area contributed by atoms with Gasteiger partial charge in [-0.2, -0.15) is 10.5 Å². The molecular weight excluding hydrogens is 348 g/mol. The van der Waals surface area contributed by atoms with Crippen LogP contribution in [0, 0.1) is 34.5 Å². The zero-order valence-electron chi connectivity index (χ0n) is 15.5. The van der Waals surface area contributed by atoms with Gasteiger partial charge in [-0.05, 0) is 37.5 Å². The van der Waals surface area contributed by atoms with E-state index < -0.39 is 0 Å². The molecule has 138 valence electrons. The van der Waals surface area contributed by atoms with Crippen LogP contribution in [0.5, 0.6) is 0 Å². The molecule has 6 nitrogen and oxygen atoms in total. The van der Waals surface area contributed by atoms with E-state index in [0.717, 1.165) is 44.5 Å². The molecule has 6 heteroatoms. The van der Waals surface area contributed by atoms with Crippen molar-refractivity contribution in [1.29, 1.82) is 10.5 Å². The lowest BCUT2D eigenvalue weighted by Gasteiger charge is -2.47. The van der Waals surface area contributed by atoms with Crippen LogP contribution in [0.25, 0.3) is 0 Å². The number of nitriles is 2. The predicted molar refractivity (Wildman–Crippen MR) is 105 cm³/mol. The number of benzene rings is 1. The van der Waals surface area contributed by atoms with Crippen LogP contribution in [-0.4, -0.2) is 46.6 Å². The number of rotatable bonds is 1. The summed E-state index contributed by atoms with van der Waals surface area (Å²) in [5.74, 6) is 7.38. The molecule has 28 heavy (non-hydrogen) atoms. The number of hydrogen-bond acceptors (Lipinski definition) is 6. The molecule has 0 amide bonds. The van der Waals surface area contributed by atoms with Crippen LogP contribution in [0.3, 0.4) is 0 Å². The highest BCUT2D eigenvalue weighted by Gasteiger charge is 2.35. The Morgan fingerprint density at radius 3 is 2.71 bits per heavy atom. The van der Waals surface area contributed by atoms with Crippen molar-refractivity contribution in [2.75, 3.05) is 24.5 Å². The Morgan fingerprint density at radius 2 is 1.86 bits per heavy atom. The quantitative estimate of drug-likeness (QED) is 0.719. The summed E-state index contributed by atoms with van der Waals surface area (Å²) in [6.45, 7) is 2.55. The Balaban J connectivity index is 1.50. The van der Waals surface area contributed by atoms with Crippen LogP contribution < -0.4 is 4.90 Å². The molecular formula is C22H20N6. The van der Waals surface area contributed by atoms with E-state index in [0.29, 0.717) is 23.1 Å². The average molecular weight is 368 g/mol. The number of piperazine rings is 1. The molecule has 0 unspecified atom stereocenters. The van der Waals surface area contributed by atoms with Crippen LogP contribution in [0.2, 0.25) is 0 Å². The maximum atomic E-state index is 9.31. The summed E-state index contributed by atoms with van der Waals surface area (Å²) in [7, 11) is 0. The van der Waals surface area contributed by atoms with Gasteiger partial charge in [0.05, 0.1) is 17.7 Å². The molecule has 3 heterocycles. The van der Waals surface area contributed by atoms with E-state index in [4.69, 9.17) is 5.26 Å². The summed E-state index contributed by atoms with van der Waals surface area (Å²) < 4.78 is 0. The lowest BCUT2D eigenvalue weighted by Crippen LogP contribution is -2.58. The largest absolute Gasteiger partial charge is 0.351 e. The average Bonchev–Trinajstić information content (AvgIpc) is 2.77. The molecule has 2 aromatic rings. The number of piperidine rings is 1. The molecule has 2 aliphatic rings. The van der Waals surface area contributed by atoms with Gasteiger partial charge in [-0.1, -0.05) is 17.9 Å². The van der Waals surface area contributed by atoms with Gasteiger partial charge in [-0.15, -0.1) is 0 Å². The third-order valence-corrected chi connectivity index (χ3v) is 5.40.